The monoisotopic (exact) mass is 362 g/mol. The summed E-state index contributed by atoms with van der Waals surface area (Å²) < 4.78 is 0. The van der Waals surface area contributed by atoms with Crippen molar-refractivity contribution in [1.29, 1.82) is 0 Å². The van der Waals surface area contributed by atoms with Gasteiger partial charge >= 0.3 is 0 Å². The van der Waals surface area contributed by atoms with Crippen LogP contribution in [0.1, 0.15) is 49.4 Å². The van der Waals surface area contributed by atoms with Gasteiger partial charge in [-0.05, 0) is 29.2 Å². The highest BCUT2D eigenvalue weighted by molar-refractivity contribution is 5.82. The van der Waals surface area contributed by atoms with Gasteiger partial charge in [0.05, 0.1) is 12.5 Å². The molecule has 1 atom stereocenters. The summed E-state index contributed by atoms with van der Waals surface area (Å²) in [7, 11) is 0. The molecule has 3 rings (SSSR count). The van der Waals surface area contributed by atoms with Crippen molar-refractivity contribution in [3.63, 3.8) is 0 Å². The lowest BCUT2D eigenvalue weighted by Crippen LogP contribution is -2.37. The largest absolute Gasteiger partial charge is 0.338 e. The number of rotatable bonds is 6. The number of hydrogen-bond donors (Lipinski definition) is 0. The van der Waals surface area contributed by atoms with Gasteiger partial charge in [-0.15, -0.1) is 0 Å². The zero-order valence-electron chi connectivity index (χ0n) is 16.0. The van der Waals surface area contributed by atoms with Crippen LogP contribution in [0, 0.1) is 0 Å². The van der Waals surface area contributed by atoms with Crippen molar-refractivity contribution < 1.29 is 9.59 Å². The van der Waals surface area contributed by atoms with Crippen LogP contribution >= 0.6 is 0 Å². The Bertz CT molecular complexity index is 829. The lowest BCUT2D eigenvalue weighted by atomic mass is 9.93. The van der Waals surface area contributed by atoms with Crippen LogP contribution in [-0.4, -0.2) is 28.2 Å². The van der Waals surface area contributed by atoms with Gasteiger partial charge in [0, 0.05) is 26.2 Å². The van der Waals surface area contributed by atoms with Gasteiger partial charge in [0.2, 0.25) is 11.8 Å². The maximum Gasteiger partial charge on any atom is 0.225 e. The highest BCUT2D eigenvalue weighted by Crippen LogP contribution is 2.33. The number of fused-ring (bicyclic) bond motifs is 1. The van der Waals surface area contributed by atoms with Gasteiger partial charge in [0.1, 0.15) is 0 Å². The Morgan fingerprint density at radius 2 is 1.74 bits per heavy atom. The van der Waals surface area contributed by atoms with E-state index in [1.807, 2.05) is 65.6 Å². The highest BCUT2D eigenvalue weighted by atomic mass is 16.2. The Kier molecular flexibility index (Phi) is 6.07. The molecule has 0 N–H and O–H groups in total. The number of amides is 2. The fourth-order valence-corrected chi connectivity index (χ4v) is 3.57. The predicted octanol–water partition coefficient (Wildman–Crippen LogP) is 4.39. The van der Waals surface area contributed by atoms with E-state index in [0.29, 0.717) is 13.1 Å². The van der Waals surface area contributed by atoms with Crippen LogP contribution in [0.2, 0.25) is 0 Å². The van der Waals surface area contributed by atoms with E-state index in [-0.39, 0.29) is 24.3 Å². The van der Waals surface area contributed by atoms with E-state index in [4.69, 9.17) is 0 Å². The highest BCUT2D eigenvalue weighted by Gasteiger charge is 2.29. The fourth-order valence-electron chi connectivity index (χ4n) is 3.57. The molecule has 0 fully saturated rings. The van der Waals surface area contributed by atoms with E-state index in [2.05, 4.69) is 6.92 Å². The third kappa shape index (κ3) is 4.45. The van der Waals surface area contributed by atoms with Gasteiger partial charge in [-0.25, -0.2) is 0 Å². The molecule has 1 heterocycles. The molecule has 0 aromatic heterocycles. The first-order valence-electron chi connectivity index (χ1n) is 9.48. The molecule has 4 heteroatoms. The normalized spacial score (nSPS) is 15.3. The van der Waals surface area contributed by atoms with Crippen molar-refractivity contribution in [2.45, 2.75) is 39.3 Å². The molecule has 0 saturated heterocycles. The van der Waals surface area contributed by atoms with Crippen LogP contribution in [0.5, 0.6) is 0 Å². The first-order chi connectivity index (χ1) is 13.1. The predicted molar refractivity (Wildman–Crippen MR) is 108 cm³/mol. The Morgan fingerprint density at radius 1 is 1.04 bits per heavy atom. The fraction of sp³-hybridized carbons (Fsp3) is 0.304. The zero-order valence-corrected chi connectivity index (χ0v) is 16.0. The average molecular weight is 362 g/mol. The van der Waals surface area contributed by atoms with Crippen molar-refractivity contribution in [3.05, 3.63) is 77.5 Å². The van der Waals surface area contributed by atoms with Crippen LogP contribution in [0.4, 0.5) is 0 Å². The first-order valence-corrected chi connectivity index (χ1v) is 9.48. The lowest BCUT2D eigenvalue weighted by molar-refractivity contribution is -0.135. The van der Waals surface area contributed by atoms with E-state index >= 15 is 0 Å². The topological polar surface area (TPSA) is 40.6 Å². The number of nitrogens with zero attached hydrogens (tertiary/aromatic N) is 2. The van der Waals surface area contributed by atoms with Gasteiger partial charge < -0.3 is 9.80 Å². The summed E-state index contributed by atoms with van der Waals surface area (Å²) in [6, 6.07) is 17.7. The summed E-state index contributed by atoms with van der Waals surface area (Å²) in [6.45, 7) is 4.92. The number of carbonyl (C=O) groups is 2. The molecule has 0 bridgehead atoms. The molecule has 1 aliphatic heterocycles. The molecule has 140 valence electrons. The standard InChI is InChI=1S/C23H26N2O2/c1-3-14-24(17-19-9-5-4-6-10-19)23(27)16-22-21-12-8-7-11-20(21)13-15-25(22)18(2)26/h4-13,15,22H,3,14,16-17H2,1-2H3. The SMILES string of the molecule is CCCN(Cc1ccccc1)C(=O)CC1c2ccccc2C=CN1C(C)=O. The second kappa shape index (κ2) is 8.67. The molecule has 0 radical (unpaired) electrons. The summed E-state index contributed by atoms with van der Waals surface area (Å²) in [5, 5.41) is 0. The lowest BCUT2D eigenvalue weighted by Gasteiger charge is -2.34. The number of benzene rings is 2. The molecule has 2 aromatic rings. The Balaban J connectivity index is 1.82. The van der Waals surface area contributed by atoms with Gasteiger partial charge in [-0.1, -0.05) is 61.5 Å². The number of carbonyl (C=O) groups excluding carboxylic acids is 2. The minimum atomic E-state index is -0.258. The zero-order chi connectivity index (χ0) is 19.2. The van der Waals surface area contributed by atoms with E-state index < -0.39 is 0 Å². The summed E-state index contributed by atoms with van der Waals surface area (Å²) >= 11 is 0. The van der Waals surface area contributed by atoms with Gasteiger partial charge in [-0.3, -0.25) is 9.59 Å². The average Bonchev–Trinajstić information content (AvgIpc) is 2.68. The van der Waals surface area contributed by atoms with Crippen LogP contribution in [-0.2, 0) is 16.1 Å². The Morgan fingerprint density at radius 3 is 2.44 bits per heavy atom. The molecule has 0 aliphatic carbocycles. The minimum Gasteiger partial charge on any atom is -0.338 e. The molecule has 1 unspecified atom stereocenters. The van der Waals surface area contributed by atoms with Crippen LogP contribution < -0.4 is 0 Å². The van der Waals surface area contributed by atoms with Crippen molar-refractivity contribution in [1.82, 2.24) is 9.80 Å². The minimum absolute atomic E-state index is 0.0522. The third-order valence-corrected chi connectivity index (χ3v) is 4.90. The van der Waals surface area contributed by atoms with Gasteiger partial charge in [-0.2, -0.15) is 0 Å². The molecule has 0 spiro atoms. The van der Waals surface area contributed by atoms with Crippen LogP contribution in [0.3, 0.4) is 0 Å². The van der Waals surface area contributed by atoms with Gasteiger partial charge in [0.15, 0.2) is 0 Å². The molecule has 2 amide bonds. The summed E-state index contributed by atoms with van der Waals surface area (Å²) in [5.74, 6) is 0.0192. The summed E-state index contributed by atoms with van der Waals surface area (Å²) in [4.78, 5) is 28.9. The molecule has 4 nitrogen and oxygen atoms in total. The molecule has 1 aliphatic rings. The molecular weight excluding hydrogens is 336 g/mol. The first kappa shape index (κ1) is 18.9. The molecule has 27 heavy (non-hydrogen) atoms. The smallest absolute Gasteiger partial charge is 0.225 e. The van der Waals surface area contributed by atoms with Crippen molar-refractivity contribution >= 4 is 17.9 Å². The Labute approximate surface area is 161 Å². The maximum absolute atomic E-state index is 13.1. The number of hydrogen-bond acceptors (Lipinski definition) is 2. The summed E-state index contributed by atoms with van der Waals surface area (Å²) in [6.07, 6.45) is 4.92. The Hall–Kier alpha value is -2.88. The van der Waals surface area contributed by atoms with E-state index in [0.717, 1.165) is 23.1 Å². The van der Waals surface area contributed by atoms with Crippen molar-refractivity contribution in [2.75, 3.05) is 6.54 Å². The van der Waals surface area contributed by atoms with Crippen molar-refractivity contribution in [2.24, 2.45) is 0 Å². The van der Waals surface area contributed by atoms with Gasteiger partial charge in [0.25, 0.3) is 0 Å². The second-order valence-corrected chi connectivity index (χ2v) is 6.89. The summed E-state index contributed by atoms with van der Waals surface area (Å²) in [5.41, 5.74) is 3.21. The van der Waals surface area contributed by atoms with E-state index in [1.54, 1.807) is 18.0 Å². The molecule has 0 saturated carbocycles. The maximum atomic E-state index is 13.1. The van der Waals surface area contributed by atoms with Crippen molar-refractivity contribution in [3.8, 4) is 0 Å². The van der Waals surface area contributed by atoms with Crippen LogP contribution in [0.25, 0.3) is 6.08 Å². The van der Waals surface area contributed by atoms with Crippen LogP contribution in [0.15, 0.2) is 60.8 Å². The molecular formula is C23H26N2O2. The quantitative estimate of drug-likeness (QED) is 0.765. The second-order valence-electron chi connectivity index (χ2n) is 6.89. The molecule has 2 aromatic carbocycles. The van der Waals surface area contributed by atoms with E-state index in [9.17, 15) is 9.59 Å². The third-order valence-electron chi connectivity index (χ3n) is 4.90. The van der Waals surface area contributed by atoms with E-state index in [1.165, 1.54) is 0 Å².